The van der Waals surface area contributed by atoms with E-state index < -0.39 is 17.8 Å². The summed E-state index contributed by atoms with van der Waals surface area (Å²) >= 11 is 0. The number of aliphatic carboxylic acids is 1. The van der Waals surface area contributed by atoms with Gasteiger partial charge in [0.1, 0.15) is 0 Å². The van der Waals surface area contributed by atoms with Gasteiger partial charge >= 0.3 is 5.97 Å². The highest BCUT2D eigenvalue weighted by atomic mass is 16.4. The second-order valence-electron chi connectivity index (χ2n) is 4.52. The number of carboxylic acid groups (broad SMARTS) is 1. The summed E-state index contributed by atoms with van der Waals surface area (Å²) in [6, 6.07) is 1.76. The summed E-state index contributed by atoms with van der Waals surface area (Å²) in [6.45, 7) is 3.68. The van der Waals surface area contributed by atoms with Gasteiger partial charge in [-0.25, -0.2) is 9.50 Å². The summed E-state index contributed by atoms with van der Waals surface area (Å²) in [5, 5.41) is 15.4. The first-order valence-corrected chi connectivity index (χ1v) is 6.18. The molecule has 0 saturated heterocycles. The molecule has 0 aliphatic heterocycles. The van der Waals surface area contributed by atoms with Gasteiger partial charge in [-0.05, 0) is 19.4 Å². The zero-order valence-corrected chi connectivity index (χ0v) is 11.2. The van der Waals surface area contributed by atoms with Crippen molar-refractivity contribution in [3.63, 3.8) is 0 Å². The molecule has 8 nitrogen and oxygen atoms in total. The van der Waals surface area contributed by atoms with Crippen molar-refractivity contribution in [1.82, 2.24) is 24.9 Å². The van der Waals surface area contributed by atoms with Gasteiger partial charge in [-0.1, -0.05) is 6.92 Å². The normalized spacial score (nSPS) is 12.3. The Bertz CT molecular complexity index is 652. The summed E-state index contributed by atoms with van der Waals surface area (Å²) in [5.41, 5.74) is 0.820. The number of rotatable bonds is 5. The van der Waals surface area contributed by atoms with Crippen LogP contribution in [0.25, 0.3) is 5.78 Å². The van der Waals surface area contributed by atoms with Gasteiger partial charge in [0.05, 0.1) is 5.92 Å². The quantitative estimate of drug-likeness (QED) is 0.812. The predicted molar refractivity (Wildman–Crippen MR) is 69.3 cm³/mol. The molecule has 0 fully saturated rings. The van der Waals surface area contributed by atoms with E-state index in [1.54, 1.807) is 19.2 Å². The van der Waals surface area contributed by atoms with Crippen LogP contribution in [0, 0.1) is 12.8 Å². The van der Waals surface area contributed by atoms with Gasteiger partial charge in [0, 0.05) is 18.4 Å². The van der Waals surface area contributed by atoms with Gasteiger partial charge < -0.3 is 10.4 Å². The lowest BCUT2D eigenvalue weighted by atomic mass is 10.1. The molecule has 20 heavy (non-hydrogen) atoms. The van der Waals surface area contributed by atoms with Crippen LogP contribution >= 0.6 is 0 Å². The number of hydrogen-bond donors (Lipinski definition) is 2. The second-order valence-corrected chi connectivity index (χ2v) is 4.52. The maximum Gasteiger partial charge on any atom is 0.306 e. The summed E-state index contributed by atoms with van der Waals surface area (Å²) < 4.78 is 1.48. The number of fused-ring (bicyclic) bond motifs is 1. The third-order valence-electron chi connectivity index (χ3n) is 2.92. The molecule has 2 heterocycles. The van der Waals surface area contributed by atoms with E-state index in [9.17, 15) is 9.59 Å². The fraction of sp³-hybridized carbons (Fsp3) is 0.417. The molecular weight excluding hydrogens is 262 g/mol. The molecule has 2 aromatic rings. The van der Waals surface area contributed by atoms with E-state index in [2.05, 4.69) is 20.4 Å². The molecule has 2 aromatic heterocycles. The monoisotopic (exact) mass is 277 g/mol. The summed E-state index contributed by atoms with van der Waals surface area (Å²) in [7, 11) is 0. The number of nitrogens with zero attached hydrogens (tertiary/aromatic N) is 4. The molecule has 0 saturated carbocycles. The van der Waals surface area contributed by atoms with Gasteiger partial charge in [0.15, 0.2) is 0 Å². The highest BCUT2D eigenvalue weighted by molar-refractivity contribution is 5.90. The van der Waals surface area contributed by atoms with Crippen LogP contribution in [-0.2, 0) is 4.79 Å². The third-order valence-corrected chi connectivity index (χ3v) is 2.92. The molecule has 0 aliphatic rings. The molecule has 1 atom stereocenters. The lowest BCUT2D eigenvalue weighted by molar-refractivity contribution is -0.141. The average molecular weight is 277 g/mol. The molecule has 2 rings (SSSR count). The van der Waals surface area contributed by atoms with Crippen LogP contribution in [0.5, 0.6) is 0 Å². The fourth-order valence-electron chi connectivity index (χ4n) is 1.61. The lowest BCUT2D eigenvalue weighted by Crippen LogP contribution is -2.28. The Morgan fingerprint density at radius 1 is 1.50 bits per heavy atom. The number of aryl methyl sites for hydroxylation is 1. The first kappa shape index (κ1) is 13.9. The highest BCUT2D eigenvalue weighted by Crippen LogP contribution is 2.03. The molecule has 1 amide bonds. The number of nitrogens with one attached hydrogen (secondary N) is 1. The van der Waals surface area contributed by atoms with E-state index in [0.29, 0.717) is 12.2 Å². The zero-order chi connectivity index (χ0) is 14.7. The molecule has 0 radical (unpaired) electrons. The van der Waals surface area contributed by atoms with Crippen molar-refractivity contribution in [1.29, 1.82) is 0 Å². The Balaban J connectivity index is 2.01. The third kappa shape index (κ3) is 2.90. The van der Waals surface area contributed by atoms with Crippen LogP contribution < -0.4 is 5.32 Å². The Morgan fingerprint density at radius 2 is 2.25 bits per heavy atom. The van der Waals surface area contributed by atoms with E-state index in [1.165, 1.54) is 4.52 Å². The fourth-order valence-corrected chi connectivity index (χ4v) is 1.61. The van der Waals surface area contributed by atoms with Gasteiger partial charge in [0.2, 0.25) is 5.82 Å². The van der Waals surface area contributed by atoms with Crippen molar-refractivity contribution in [2.45, 2.75) is 20.3 Å². The summed E-state index contributed by atoms with van der Waals surface area (Å²) in [4.78, 5) is 30.5. The van der Waals surface area contributed by atoms with Gasteiger partial charge in [-0.2, -0.15) is 4.98 Å². The first-order valence-electron chi connectivity index (χ1n) is 6.18. The van der Waals surface area contributed by atoms with E-state index in [-0.39, 0.29) is 12.4 Å². The average Bonchev–Trinajstić information content (AvgIpc) is 2.84. The standard InChI is InChI=1S/C12H15N5O3/c1-7(11(19)20)3-5-13-10(18)9-15-12-14-6-4-8(2)17(12)16-9/h4,6-7H,3,5H2,1-2H3,(H,13,18)(H,19,20). The number of amides is 1. The Kier molecular flexibility index (Phi) is 3.92. The minimum Gasteiger partial charge on any atom is -0.481 e. The first-order chi connectivity index (χ1) is 9.49. The van der Waals surface area contributed by atoms with Crippen LogP contribution in [0.4, 0.5) is 0 Å². The molecule has 0 aliphatic carbocycles. The zero-order valence-electron chi connectivity index (χ0n) is 11.2. The minimum absolute atomic E-state index is 0.0229. The topological polar surface area (TPSA) is 109 Å². The van der Waals surface area contributed by atoms with Crippen LogP contribution in [-0.4, -0.2) is 43.1 Å². The predicted octanol–water partition coefficient (Wildman–Crippen LogP) is 0.273. The lowest BCUT2D eigenvalue weighted by Gasteiger charge is -2.05. The van der Waals surface area contributed by atoms with Crippen molar-refractivity contribution < 1.29 is 14.7 Å². The molecule has 0 spiro atoms. The van der Waals surface area contributed by atoms with Crippen LogP contribution in [0.15, 0.2) is 12.3 Å². The molecule has 0 aromatic carbocycles. The van der Waals surface area contributed by atoms with Crippen molar-refractivity contribution in [2.24, 2.45) is 5.92 Å². The van der Waals surface area contributed by atoms with Gasteiger partial charge in [0.25, 0.3) is 11.7 Å². The highest BCUT2D eigenvalue weighted by Gasteiger charge is 2.15. The van der Waals surface area contributed by atoms with Crippen molar-refractivity contribution in [3.8, 4) is 0 Å². The second kappa shape index (κ2) is 5.64. The summed E-state index contributed by atoms with van der Waals surface area (Å²) in [6.07, 6.45) is 1.95. The van der Waals surface area contributed by atoms with E-state index in [4.69, 9.17) is 5.11 Å². The molecular formula is C12H15N5O3. The van der Waals surface area contributed by atoms with Gasteiger partial charge in [-0.3, -0.25) is 9.59 Å². The SMILES string of the molecule is Cc1ccnc2nc(C(=O)NCCC(C)C(=O)O)nn12. The number of carbonyl (C=O) groups excluding carboxylic acids is 1. The van der Waals surface area contributed by atoms with Gasteiger partial charge in [-0.15, -0.1) is 5.10 Å². The minimum atomic E-state index is -0.884. The molecule has 1 unspecified atom stereocenters. The molecule has 106 valence electrons. The van der Waals surface area contributed by atoms with E-state index in [0.717, 1.165) is 5.69 Å². The largest absolute Gasteiger partial charge is 0.481 e. The molecule has 8 heteroatoms. The Hall–Kier alpha value is -2.51. The number of carbonyl (C=O) groups is 2. The number of aromatic nitrogens is 4. The van der Waals surface area contributed by atoms with E-state index in [1.807, 2.05) is 6.92 Å². The van der Waals surface area contributed by atoms with Crippen molar-refractivity contribution in [2.75, 3.05) is 6.54 Å². The molecule has 0 bridgehead atoms. The van der Waals surface area contributed by atoms with Crippen molar-refractivity contribution in [3.05, 3.63) is 23.8 Å². The maximum absolute atomic E-state index is 11.9. The maximum atomic E-state index is 11.9. The van der Waals surface area contributed by atoms with E-state index >= 15 is 0 Å². The Morgan fingerprint density at radius 3 is 2.90 bits per heavy atom. The van der Waals surface area contributed by atoms with Crippen LogP contribution in [0.1, 0.15) is 29.7 Å². The number of hydrogen-bond acceptors (Lipinski definition) is 5. The number of carboxylic acids is 1. The molecule has 2 N–H and O–H groups in total. The smallest absolute Gasteiger partial charge is 0.306 e. The van der Waals surface area contributed by atoms with Crippen LogP contribution in [0.3, 0.4) is 0 Å². The Labute approximate surface area is 114 Å². The summed E-state index contributed by atoms with van der Waals surface area (Å²) in [5.74, 6) is -1.45. The van der Waals surface area contributed by atoms with Crippen LogP contribution in [0.2, 0.25) is 0 Å². The van der Waals surface area contributed by atoms with Crippen molar-refractivity contribution >= 4 is 17.7 Å².